The molecule has 3 N–H and O–H groups in total. The molecule has 0 amide bonds. The second-order valence-electron chi connectivity index (χ2n) is 6.84. The first kappa shape index (κ1) is 15.6. The van der Waals surface area contributed by atoms with Crippen molar-refractivity contribution in [1.82, 2.24) is 15.2 Å². The van der Waals surface area contributed by atoms with Crippen LogP contribution in [-0.2, 0) is 16.8 Å². The molecule has 0 spiro atoms. The van der Waals surface area contributed by atoms with Gasteiger partial charge in [0.25, 0.3) is 5.56 Å². The molecular formula is C17H19N3O3S. The summed E-state index contributed by atoms with van der Waals surface area (Å²) in [5.41, 5.74) is 0.460. The zero-order chi connectivity index (χ0) is 17.1. The number of H-pyrrole nitrogens is 2. The molecule has 7 heteroatoms. The maximum Gasteiger partial charge on any atom is 0.266 e. The van der Waals surface area contributed by atoms with Crippen molar-refractivity contribution in [2.24, 2.45) is 0 Å². The fourth-order valence-corrected chi connectivity index (χ4v) is 4.33. The lowest BCUT2D eigenvalue weighted by Crippen LogP contribution is -2.51. The van der Waals surface area contributed by atoms with Gasteiger partial charge in [-0.15, -0.1) is 11.3 Å². The maximum atomic E-state index is 12.6. The van der Waals surface area contributed by atoms with Crippen LogP contribution in [0.3, 0.4) is 0 Å². The van der Waals surface area contributed by atoms with Crippen LogP contribution in [-0.4, -0.2) is 32.5 Å². The minimum absolute atomic E-state index is 0.149. The van der Waals surface area contributed by atoms with Gasteiger partial charge in [0.2, 0.25) is 0 Å². The number of hydrogen-bond donors (Lipinski definition) is 3. The fourth-order valence-electron chi connectivity index (χ4n) is 3.27. The predicted molar refractivity (Wildman–Crippen MR) is 93.3 cm³/mol. The van der Waals surface area contributed by atoms with Crippen LogP contribution >= 0.6 is 11.3 Å². The van der Waals surface area contributed by atoms with Gasteiger partial charge in [0, 0.05) is 22.0 Å². The number of aromatic amines is 2. The summed E-state index contributed by atoms with van der Waals surface area (Å²) in [7, 11) is 0. The Morgan fingerprint density at radius 2 is 2.25 bits per heavy atom. The number of aromatic nitrogens is 3. The quantitative estimate of drug-likeness (QED) is 0.666. The largest absolute Gasteiger partial charge is 0.387 e. The number of nitrogens with one attached hydrogen (secondary N) is 2. The van der Waals surface area contributed by atoms with E-state index in [4.69, 9.17) is 4.74 Å². The summed E-state index contributed by atoms with van der Waals surface area (Å²) in [6.07, 6.45) is 4.26. The van der Waals surface area contributed by atoms with Crippen LogP contribution in [0.5, 0.6) is 0 Å². The summed E-state index contributed by atoms with van der Waals surface area (Å²) >= 11 is 1.46. The van der Waals surface area contributed by atoms with E-state index >= 15 is 0 Å². The zero-order valence-corrected chi connectivity index (χ0v) is 14.6. The first-order valence-electron chi connectivity index (χ1n) is 7.86. The number of fused-ring (bicyclic) bond motifs is 3. The van der Waals surface area contributed by atoms with Gasteiger partial charge in [0.1, 0.15) is 10.3 Å². The summed E-state index contributed by atoms with van der Waals surface area (Å²) in [6.45, 7) is 5.74. The predicted octanol–water partition coefficient (Wildman–Crippen LogP) is 2.54. The van der Waals surface area contributed by atoms with Crippen molar-refractivity contribution in [2.45, 2.75) is 38.4 Å². The number of nitrogens with zero attached hydrogens (tertiary/aromatic N) is 1. The standard InChI is InChI=1S/C17H19N3O3S/c1-16(2,22)17(3)14-10(4-5-23-17)11-6-12(9-7-18-19-8-9)24-13(11)15(21)20-14/h6-8,22H,4-5H2,1-3H3,(H,18,19)(H,20,21). The third-order valence-electron chi connectivity index (χ3n) is 4.97. The van der Waals surface area contributed by atoms with Crippen molar-refractivity contribution in [2.75, 3.05) is 6.61 Å². The summed E-state index contributed by atoms with van der Waals surface area (Å²) in [4.78, 5) is 16.6. The van der Waals surface area contributed by atoms with Gasteiger partial charge >= 0.3 is 0 Å². The number of hydrogen-bond acceptors (Lipinski definition) is 5. The molecule has 0 bridgehead atoms. The molecule has 1 aliphatic rings. The van der Waals surface area contributed by atoms with E-state index in [1.54, 1.807) is 20.0 Å². The third-order valence-corrected chi connectivity index (χ3v) is 6.16. The first-order valence-corrected chi connectivity index (χ1v) is 8.67. The maximum absolute atomic E-state index is 12.6. The van der Waals surface area contributed by atoms with Crippen LogP contribution in [0.4, 0.5) is 0 Å². The minimum Gasteiger partial charge on any atom is -0.387 e. The molecule has 0 radical (unpaired) electrons. The smallest absolute Gasteiger partial charge is 0.266 e. The van der Waals surface area contributed by atoms with E-state index in [0.29, 0.717) is 23.4 Å². The molecule has 3 aromatic rings. The number of rotatable bonds is 2. The van der Waals surface area contributed by atoms with Gasteiger partial charge in [0.05, 0.1) is 24.1 Å². The summed E-state index contributed by atoms with van der Waals surface area (Å²) < 4.78 is 6.61. The second kappa shape index (κ2) is 5.02. The van der Waals surface area contributed by atoms with Crippen LogP contribution in [0.1, 0.15) is 32.0 Å². The highest BCUT2D eigenvalue weighted by molar-refractivity contribution is 7.22. The molecule has 4 heterocycles. The van der Waals surface area contributed by atoms with Gasteiger partial charge in [-0.3, -0.25) is 9.89 Å². The van der Waals surface area contributed by atoms with Crippen molar-refractivity contribution >= 4 is 21.4 Å². The molecule has 0 saturated carbocycles. The highest BCUT2D eigenvalue weighted by Gasteiger charge is 2.47. The Morgan fingerprint density at radius 1 is 1.46 bits per heavy atom. The van der Waals surface area contributed by atoms with E-state index in [2.05, 4.69) is 15.2 Å². The van der Waals surface area contributed by atoms with E-state index in [9.17, 15) is 9.90 Å². The molecule has 1 aliphatic heterocycles. The van der Waals surface area contributed by atoms with E-state index in [1.165, 1.54) is 11.3 Å². The van der Waals surface area contributed by atoms with Crippen molar-refractivity contribution in [1.29, 1.82) is 0 Å². The molecule has 1 atom stereocenters. The highest BCUT2D eigenvalue weighted by Crippen LogP contribution is 2.43. The normalized spacial score (nSPS) is 21.2. The molecule has 3 aromatic heterocycles. The molecule has 0 saturated heterocycles. The van der Waals surface area contributed by atoms with Crippen LogP contribution in [0.2, 0.25) is 0 Å². The lowest BCUT2D eigenvalue weighted by atomic mass is 9.79. The molecule has 24 heavy (non-hydrogen) atoms. The van der Waals surface area contributed by atoms with Crippen LogP contribution in [0.15, 0.2) is 23.3 Å². The van der Waals surface area contributed by atoms with Gasteiger partial charge in [-0.25, -0.2) is 0 Å². The third kappa shape index (κ3) is 2.08. The Balaban J connectivity index is 2.01. The summed E-state index contributed by atoms with van der Waals surface area (Å²) in [5, 5.41) is 18.3. The Hall–Kier alpha value is -1.96. The van der Waals surface area contributed by atoms with Crippen LogP contribution < -0.4 is 5.56 Å². The average molecular weight is 345 g/mol. The van der Waals surface area contributed by atoms with Crippen molar-refractivity contribution in [3.63, 3.8) is 0 Å². The Morgan fingerprint density at radius 3 is 2.92 bits per heavy atom. The van der Waals surface area contributed by atoms with Gasteiger partial charge < -0.3 is 14.8 Å². The highest BCUT2D eigenvalue weighted by atomic mass is 32.1. The number of ether oxygens (including phenoxy) is 1. The number of thiophene rings is 1. The van der Waals surface area contributed by atoms with Gasteiger partial charge in [-0.05, 0) is 38.8 Å². The second-order valence-corrected chi connectivity index (χ2v) is 7.89. The Kier molecular flexibility index (Phi) is 3.25. The molecule has 0 aromatic carbocycles. The Labute approximate surface area is 142 Å². The monoisotopic (exact) mass is 345 g/mol. The van der Waals surface area contributed by atoms with Gasteiger partial charge in [-0.2, -0.15) is 5.10 Å². The van der Waals surface area contributed by atoms with Crippen molar-refractivity contribution in [3.05, 3.63) is 40.1 Å². The summed E-state index contributed by atoms with van der Waals surface area (Å²) in [6, 6.07) is 2.04. The lowest BCUT2D eigenvalue weighted by molar-refractivity contribution is -0.172. The molecule has 6 nitrogen and oxygen atoms in total. The average Bonchev–Trinajstić information content (AvgIpc) is 3.16. The van der Waals surface area contributed by atoms with Crippen molar-refractivity contribution in [3.8, 4) is 10.4 Å². The first-order chi connectivity index (χ1) is 11.3. The molecule has 0 fully saturated rings. The van der Waals surface area contributed by atoms with Crippen LogP contribution in [0, 0.1) is 0 Å². The molecular weight excluding hydrogens is 326 g/mol. The summed E-state index contributed by atoms with van der Waals surface area (Å²) in [5.74, 6) is 0. The van der Waals surface area contributed by atoms with Crippen LogP contribution in [0.25, 0.3) is 20.5 Å². The van der Waals surface area contributed by atoms with E-state index in [1.807, 2.05) is 19.2 Å². The van der Waals surface area contributed by atoms with Gasteiger partial charge in [0.15, 0.2) is 0 Å². The van der Waals surface area contributed by atoms with Crippen molar-refractivity contribution < 1.29 is 9.84 Å². The minimum atomic E-state index is -1.12. The molecule has 0 aliphatic carbocycles. The topological polar surface area (TPSA) is 91.0 Å². The molecule has 1 unspecified atom stereocenters. The lowest BCUT2D eigenvalue weighted by Gasteiger charge is -2.43. The number of pyridine rings is 1. The van der Waals surface area contributed by atoms with Gasteiger partial charge in [-0.1, -0.05) is 0 Å². The van der Waals surface area contributed by atoms with E-state index in [0.717, 1.165) is 21.4 Å². The SMILES string of the molecule is CC(C)(O)C1(C)OCCc2c1[nH]c(=O)c1sc(-c3cn[nH]c3)cc21. The zero-order valence-electron chi connectivity index (χ0n) is 13.8. The molecule has 126 valence electrons. The Bertz CT molecular complexity index is 966. The van der Waals surface area contributed by atoms with E-state index < -0.39 is 11.2 Å². The van der Waals surface area contributed by atoms with E-state index in [-0.39, 0.29) is 5.56 Å². The molecule has 4 rings (SSSR count). The number of aliphatic hydroxyl groups is 1. The fraction of sp³-hybridized carbons (Fsp3) is 0.412.